The topological polar surface area (TPSA) is 3.88 Å². The summed E-state index contributed by atoms with van der Waals surface area (Å²) in [4.78, 5) is 0. The van der Waals surface area contributed by atoms with Gasteiger partial charge < -0.3 is 0 Å². The summed E-state index contributed by atoms with van der Waals surface area (Å²) < 4.78 is 27.7. The molecule has 0 aliphatic carbocycles. The van der Waals surface area contributed by atoms with Gasteiger partial charge in [-0.1, -0.05) is 54.1 Å². The summed E-state index contributed by atoms with van der Waals surface area (Å²) in [5.74, 6) is 0. The van der Waals surface area contributed by atoms with Crippen LogP contribution in [0.5, 0.6) is 0 Å². The molecule has 0 amide bonds. The molecule has 3 aromatic carbocycles. The van der Waals surface area contributed by atoms with Crippen molar-refractivity contribution >= 4 is 42.3 Å². The largest absolute Gasteiger partial charge is 0.230 e. The Morgan fingerprint density at radius 2 is 1.69 bits per heavy atom. The van der Waals surface area contributed by atoms with Crippen LogP contribution in [-0.4, -0.2) is 0 Å². The van der Waals surface area contributed by atoms with Crippen LogP contribution in [-0.2, 0) is 7.05 Å². The maximum atomic E-state index is 7.70. The Balaban J connectivity index is 1.87. The molecule has 126 valence electrons. The van der Waals surface area contributed by atoms with E-state index in [1.165, 1.54) is 37.0 Å². The van der Waals surface area contributed by atoms with Crippen LogP contribution in [0.25, 0.3) is 42.2 Å². The molecule has 2 heterocycles. The number of hydrogen-bond acceptors (Lipinski definition) is 1. The van der Waals surface area contributed by atoms with Gasteiger partial charge in [0.25, 0.3) is 0 Å². The van der Waals surface area contributed by atoms with Crippen molar-refractivity contribution in [1.82, 2.24) is 0 Å². The van der Waals surface area contributed by atoms with Crippen LogP contribution in [0.1, 0.15) is 15.2 Å². The molecule has 0 unspecified atom stereocenters. The average Bonchev–Trinajstić information content (AvgIpc) is 3.06. The van der Waals surface area contributed by atoms with Gasteiger partial charge >= 0.3 is 0 Å². The SMILES string of the molecule is [2H]C([2H])([2H])c1ccc2c(ccc3c4cc[n+](C)c(-c5ccccc5C)c4sc23)c1. The molecule has 0 saturated heterocycles. The molecule has 0 radical (unpaired) electrons. The van der Waals surface area contributed by atoms with Crippen LogP contribution in [0, 0.1) is 13.8 Å². The normalized spacial score (nSPS) is 13.8. The molecule has 0 spiro atoms. The van der Waals surface area contributed by atoms with E-state index < -0.39 is 6.85 Å². The lowest BCUT2D eigenvalue weighted by Crippen LogP contribution is -2.30. The highest BCUT2D eigenvalue weighted by Gasteiger charge is 2.20. The average molecular weight is 358 g/mol. The maximum Gasteiger partial charge on any atom is 0.230 e. The summed E-state index contributed by atoms with van der Waals surface area (Å²) in [5.41, 5.74) is 4.09. The van der Waals surface area contributed by atoms with Gasteiger partial charge in [-0.3, -0.25) is 0 Å². The van der Waals surface area contributed by atoms with Crippen LogP contribution in [0.15, 0.2) is 66.9 Å². The number of pyridine rings is 1. The molecule has 26 heavy (non-hydrogen) atoms. The molecule has 2 aromatic heterocycles. The molecule has 0 aliphatic rings. The molecular weight excluding hydrogens is 334 g/mol. The van der Waals surface area contributed by atoms with Crippen molar-refractivity contribution in [3.05, 3.63) is 78.0 Å². The van der Waals surface area contributed by atoms with Gasteiger partial charge in [0.15, 0.2) is 6.20 Å². The molecule has 0 fully saturated rings. The first-order valence-corrected chi connectivity index (χ1v) is 9.50. The lowest BCUT2D eigenvalue weighted by Gasteiger charge is -2.05. The van der Waals surface area contributed by atoms with Gasteiger partial charge in [0.2, 0.25) is 5.69 Å². The van der Waals surface area contributed by atoms with Gasteiger partial charge in [0, 0.05) is 25.7 Å². The fourth-order valence-electron chi connectivity index (χ4n) is 3.82. The van der Waals surface area contributed by atoms with Crippen molar-refractivity contribution in [1.29, 1.82) is 0 Å². The lowest BCUT2D eigenvalue weighted by atomic mass is 10.0. The highest BCUT2D eigenvalue weighted by Crippen LogP contribution is 2.41. The van der Waals surface area contributed by atoms with Crippen molar-refractivity contribution in [3.8, 4) is 11.3 Å². The first-order valence-electron chi connectivity index (χ1n) is 10.2. The smallest absolute Gasteiger partial charge is 0.200 e. The number of hydrogen-bond donors (Lipinski definition) is 0. The van der Waals surface area contributed by atoms with E-state index in [9.17, 15) is 0 Å². The standard InChI is InChI=1S/C24H20NS/c1-15-8-10-19-17(14-15)9-11-20-21-12-13-25(3)22(24(21)26-23(19)20)18-7-5-4-6-16(18)2/h4-14H,1-3H3/q+1/i1D3. The third-order valence-electron chi connectivity index (χ3n) is 5.14. The molecular formula is C24H20NS+. The Morgan fingerprint density at radius 1 is 0.885 bits per heavy atom. The zero-order valence-electron chi connectivity index (χ0n) is 17.7. The third kappa shape index (κ3) is 2.19. The van der Waals surface area contributed by atoms with Crippen molar-refractivity contribution in [2.75, 3.05) is 0 Å². The second-order valence-corrected chi connectivity index (χ2v) is 7.83. The minimum Gasteiger partial charge on any atom is -0.200 e. The number of benzene rings is 3. The summed E-state index contributed by atoms with van der Waals surface area (Å²) in [5, 5.41) is 4.53. The number of thiophene rings is 1. The van der Waals surface area contributed by atoms with Gasteiger partial charge in [0.05, 0.1) is 5.56 Å². The lowest BCUT2D eigenvalue weighted by molar-refractivity contribution is -0.659. The predicted molar refractivity (Wildman–Crippen MR) is 113 cm³/mol. The quantitative estimate of drug-likeness (QED) is 0.309. The summed E-state index contributed by atoms with van der Waals surface area (Å²) in [7, 11) is 2.09. The Morgan fingerprint density at radius 3 is 2.54 bits per heavy atom. The van der Waals surface area contributed by atoms with E-state index in [1.807, 2.05) is 12.1 Å². The second-order valence-electron chi connectivity index (χ2n) is 6.81. The maximum absolute atomic E-state index is 7.70. The summed E-state index contributed by atoms with van der Waals surface area (Å²) in [6.45, 7) is 0.0578. The number of nitrogens with zero attached hydrogens (tertiary/aromatic N) is 1. The molecule has 0 aliphatic heterocycles. The third-order valence-corrected chi connectivity index (χ3v) is 6.40. The fraction of sp³-hybridized carbons (Fsp3) is 0.125. The van der Waals surface area contributed by atoms with E-state index in [-0.39, 0.29) is 0 Å². The highest BCUT2D eigenvalue weighted by molar-refractivity contribution is 7.27. The van der Waals surface area contributed by atoms with Crippen LogP contribution >= 0.6 is 11.3 Å². The van der Waals surface area contributed by atoms with Crippen LogP contribution in [0.2, 0.25) is 0 Å². The molecule has 2 heteroatoms. The second kappa shape index (κ2) is 5.65. The van der Waals surface area contributed by atoms with Gasteiger partial charge in [0.1, 0.15) is 11.7 Å². The minimum absolute atomic E-state index is 0.387. The van der Waals surface area contributed by atoms with E-state index in [4.69, 9.17) is 4.11 Å². The van der Waals surface area contributed by atoms with Gasteiger partial charge in [-0.15, -0.1) is 11.3 Å². The fourth-order valence-corrected chi connectivity index (χ4v) is 5.24. The Kier molecular flexibility index (Phi) is 2.74. The molecule has 0 N–H and O–H groups in total. The van der Waals surface area contributed by atoms with Crippen LogP contribution < -0.4 is 4.57 Å². The summed E-state index contributed by atoms with van der Waals surface area (Å²) in [6, 6.07) is 20.3. The molecule has 0 saturated carbocycles. The monoisotopic (exact) mass is 357 g/mol. The molecule has 0 bridgehead atoms. The Labute approximate surface area is 161 Å². The molecule has 1 nitrogen and oxygen atoms in total. The van der Waals surface area contributed by atoms with Gasteiger partial charge in [-0.25, -0.2) is 0 Å². The van der Waals surface area contributed by atoms with Crippen molar-refractivity contribution < 1.29 is 8.68 Å². The number of aryl methyl sites for hydroxylation is 3. The van der Waals surface area contributed by atoms with Crippen molar-refractivity contribution in [2.45, 2.75) is 13.8 Å². The van der Waals surface area contributed by atoms with E-state index in [0.29, 0.717) is 5.56 Å². The first-order chi connectivity index (χ1) is 13.8. The molecule has 5 aromatic rings. The van der Waals surface area contributed by atoms with Crippen molar-refractivity contribution in [3.63, 3.8) is 0 Å². The summed E-state index contributed by atoms with van der Waals surface area (Å²) >= 11 is 1.79. The molecule has 5 rings (SSSR count). The first kappa shape index (κ1) is 12.6. The van der Waals surface area contributed by atoms with Crippen LogP contribution in [0.4, 0.5) is 0 Å². The number of fused-ring (bicyclic) bond motifs is 5. The van der Waals surface area contributed by atoms with E-state index >= 15 is 0 Å². The molecule has 0 atom stereocenters. The Bertz CT molecular complexity index is 1410. The van der Waals surface area contributed by atoms with Crippen molar-refractivity contribution in [2.24, 2.45) is 7.05 Å². The van der Waals surface area contributed by atoms with Gasteiger partial charge in [-0.05, 0) is 36.2 Å². The zero-order valence-corrected chi connectivity index (χ0v) is 15.5. The number of aromatic nitrogens is 1. The van der Waals surface area contributed by atoms with Gasteiger partial charge in [-0.2, -0.15) is 4.57 Å². The van der Waals surface area contributed by atoms with E-state index in [1.54, 1.807) is 23.5 Å². The van der Waals surface area contributed by atoms with E-state index in [2.05, 4.69) is 61.1 Å². The number of rotatable bonds is 1. The highest BCUT2D eigenvalue weighted by atomic mass is 32.1. The van der Waals surface area contributed by atoms with Crippen LogP contribution in [0.3, 0.4) is 0 Å². The van der Waals surface area contributed by atoms with E-state index in [0.717, 1.165) is 10.8 Å². The minimum atomic E-state index is -2.09. The predicted octanol–water partition coefficient (Wildman–Crippen LogP) is 6.32. The zero-order chi connectivity index (χ0) is 20.3. The Hall–Kier alpha value is -2.71. The summed E-state index contributed by atoms with van der Waals surface area (Å²) in [6.07, 6.45) is 2.12.